The largest absolute Gasteiger partial charge is 0.334 e. The summed E-state index contributed by atoms with van der Waals surface area (Å²) in [5.74, 6) is 0.994. The Morgan fingerprint density at radius 1 is 1.33 bits per heavy atom. The number of carbonyl (C=O) groups is 1. The molecular weight excluding hydrogens is 262 g/mol. The van der Waals surface area contributed by atoms with E-state index in [2.05, 4.69) is 41.0 Å². The third-order valence-electron chi connectivity index (χ3n) is 4.42. The molecule has 1 aliphatic heterocycles. The van der Waals surface area contributed by atoms with Gasteiger partial charge < -0.3 is 9.80 Å². The number of hydrogen-bond donors (Lipinski definition) is 0. The maximum Gasteiger partial charge on any atom is 0.223 e. The van der Waals surface area contributed by atoms with Crippen molar-refractivity contribution in [2.45, 2.75) is 44.7 Å². The van der Waals surface area contributed by atoms with E-state index in [1.807, 2.05) is 6.20 Å². The van der Waals surface area contributed by atoms with E-state index in [4.69, 9.17) is 0 Å². The summed E-state index contributed by atoms with van der Waals surface area (Å²) in [6.45, 7) is 1.81. The third kappa shape index (κ3) is 3.62. The van der Waals surface area contributed by atoms with Crippen LogP contribution in [0.3, 0.4) is 0 Å². The van der Waals surface area contributed by atoms with Crippen molar-refractivity contribution in [1.29, 1.82) is 0 Å². The summed E-state index contributed by atoms with van der Waals surface area (Å²) in [4.78, 5) is 21.2. The van der Waals surface area contributed by atoms with Gasteiger partial charge in [0.2, 0.25) is 5.91 Å². The van der Waals surface area contributed by atoms with Crippen LogP contribution >= 0.6 is 0 Å². The Morgan fingerprint density at radius 3 is 2.76 bits per heavy atom. The molecule has 1 atom stereocenters. The standard InChI is InChI=1S/C17H25N3O/c1-19(2)12-14-7-8-15(18-11-14)16-4-3-9-20(16)17(21)10-13-5-6-13/h7-8,11,13,16H,3-6,9-10,12H2,1-2H3. The first-order chi connectivity index (χ1) is 10.1. The second-order valence-electron chi connectivity index (χ2n) is 6.72. The van der Waals surface area contributed by atoms with Crippen molar-refractivity contribution >= 4 is 5.91 Å². The summed E-state index contributed by atoms with van der Waals surface area (Å²) in [6, 6.07) is 4.45. The van der Waals surface area contributed by atoms with E-state index in [1.165, 1.54) is 18.4 Å². The third-order valence-corrected chi connectivity index (χ3v) is 4.42. The molecule has 1 aliphatic carbocycles. The number of likely N-dealkylation sites (tertiary alicyclic amines) is 1. The quantitative estimate of drug-likeness (QED) is 0.835. The molecule has 0 aromatic carbocycles. The number of hydrogen-bond acceptors (Lipinski definition) is 3. The second kappa shape index (κ2) is 6.14. The number of rotatable bonds is 5. The predicted molar refractivity (Wildman–Crippen MR) is 82.7 cm³/mol. The van der Waals surface area contributed by atoms with Crippen LogP contribution in [-0.4, -0.2) is 41.3 Å². The molecule has 2 heterocycles. The molecule has 1 aromatic heterocycles. The van der Waals surface area contributed by atoms with Crippen LogP contribution in [0.1, 0.15) is 49.4 Å². The molecule has 1 aromatic rings. The highest BCUT2D eigenvalue weighted by Crippen LogP contribution is 2.36. The second-order valence-corrected chi connectivity index (χ2v) is 6.72. The molecule has 21 heavy (non-hydrogen) atoms. The van der Waals surface area contributed by atoms with Gasteiger partial charge in [0.1, 0.15) is 0 Å². The molecule has 0 spiro atoms. The van der Waals surface area contributed by atoms with Crippen molar-refractivity contribution in [2.24, 2.45) is 5.92 Å². The SMILES string of the molecule is CN(C)Cc1ccc(C2CCCN2C(=O)CC2CC2)nc1. The van der Waals surface area contributed by atoms with Crippen molar-refractivity contribution in [1.82, 2.24) is 14.8 Å². The lowest BCUT2D eigenvalue weighted by Crippen LogP contribution is -2.31. The fourth-order valence-corrected chi connectivity index (χ4v) is 3.15. The van der Waals surface area contributed by atoms with E-state index < -0.39 is 0 Å². The zero-order chi connectivity index (χ0) is 14.8. The lowest BCUT2D eigenvalue weighted by atomic mass is 10.1. The first-order valence-electron chi connectivity index (χ1n) is 8.02. The Bertz CT molecular complexity index is 493. The van der Waals surface area contributed by atoms with E-state index in [-0.39, 0.29) is 6.04 Å². The Morgan fingerprint density at radius 2 is 2.14 bits per heavy atom. The van der Waals surface area contributed by atoms with Gasteiger partial charge in [0, 0.05) is 25.7 Å². The van der Waals surface area contributed by atoms with Gasteiger partial charge in [0.25, 0.3) is 0 Å². The van der Waals surface area contributed by atoms with Crippen molar-refractivity contribution in [2.75, 3.05) is 20.6 Å². The zero-order valence-electron chi connectivity index (χ0n) is 13.1. The van der Waals surface area contributed by atoms with Crippen LogP contribution < -0.4 is 0 Å². The molecule has 1 unspecified atom stereocenters. The van der Waals surface area contributed by atoms with Crippen LogP contribution in [0.15, 0.2) is 18.3 Å². The van der Waals surface area contributed by atoms with Crippen LogP contribution in [0.25, 0.3) is 0 Å². The van der Waals surface area contributed by atoms with Crippen LogP contribution in [0.4, 0.5) is 0 Å². The smallest absolute Gasteiger partial charge is 0.223 e. The summed E-state index contributed by atoms with van der Waals surface area (Å²) in [6.07, 6.45) is 7.33. The fraction of sp³-hybridized carbons (Fsp3) is 0.647. The molecule has 2 fully saturated rings. The van der Waals surface area contributed by atoms with Crippen LogP contribution in [0.2, 0.25) is 0 Å². The highest BCUT2D eigenvalue weighted by molar-refractivity contribution is 5.77. The van der Waals surface area contributed by atoms with Gasteiger partial charge in [-0.2, -0.15) is 0 Å². The Labute approximate surface area is 127 Å². The van der Waals surface area contributed by atoms with E-state index >= 15 is 0 Å². The fourth-order valence-electron chi connectivity index (χ4n) is 3.15. The van der Waals surface area contributed by atoms with Crippen LogP contribution in [0.5, 0.6) is 0 Å². The lowest BCUT2D eigenvalue weighted by Gasteiger charge is -2.24. The molecule has 114 valence electrons. The Hall–Kier alpha value is -1.42. The van der Waals surface area contributed by atoms with Gasteiger partial charge in [-0.25, -0.2) is 0 Å². The number of carbonyl (C=O) groups excluding carboxylic acids is 1. The average Bonchev–Trinajstić information content (AvgIpc) is 3.12. The highest BCUT2D eigenvalue weighted by Gasteiger charge is 2.34. The van der Waals surface area contributed by atoms with Crippen molar-refractivity contribution in [3.8, 4) is 0 Å². The average molecular weight is 287 g/mol. The minimum atomic E-state index is 0.199. The molecule has 0 bridgehead atoms. The van der Waals surface area contributed by atoms with Gasteiger partial charge in [-0.3, -0.25) is 9.78 Å². The molecule has 0 radical (unpaired) electrons. The van der Waals surface area contributed by atoms with Gasteiger partial charge in [0.15, 0.2) is 0 Å². The summed E-state index contributed by atoms with van der Waals surface area (Å²) >= 11 is 0. The van der Waals surface area contributed by atoms with Gasteiger partial charge in [-0.05, 0) is 57.3 Å². The number of aromatic nitrogens is 1. The molecule has 1 saturated carbocycles. The minimum Gasteiger partial charge on any atom is -0.334 e. The van der Waals surface area contributed by atoms with Crippen LogP contribution in [0, 0.1) is 5.92 Å². The highest BCUT2D eigenvalue weighted by atomic mass is 16.2. The number of nitrogens with zero attached hydrogens (tertiary/aromatic N) is 3. The molecule has 4 heteroatoms. The summed E-state index contributed by atoms with van der Waals surface area (Å²) < 4.78 is 0. The Kier molecular flexibility index (Phi) is 4.24. The maximum absolute atomic E-state index is 12.4. The first kappa shape index (κ1) is 14.5. The predicted octanol–water partition coefficient (Wildman–Crippen LogP) is 2.61. The first-order valence-corrected chi connectivity index (χ1v) is 8.02. The molecule has 2 aliphatic rings. The van der Waals surface area contributed by atoms with Crippen LogP contribution in [-0.2, 0) is 11.3 Å². The summed E-state index contributed by atoms with van der Waals surface area (Å²) in [5.41, 5.74) is 2.27. The molecule has 1 saturated heterocycles. The van der Waals surface area contributed by atoms with Crippen molar-refractivity contribution in [3.05, 3.63) is 29.6 Å². The van der Waals surface area contributed by atoms with Gasteiger partial charge in [-0.1, -0.05) is 6.07 Å². The Balaban J connectivity index is 1.67. The number of amides is 1. The van der Waals surface area contributed by atoms with Gasteiger partial charge >= 0.3 is 0 Å². The molecule has 4 nitrogen and oxygen atoms in total. The molecular formula is C17H25N3O. The van der Waals surface area contributed by atoms with E-state index in [1.54, 1.807) is 0 Å². The lowest BCUT2D eigenvalue weighted by molar-refractivity contribution is -0.132. The van der Waals surface area contributed by atoms with Crippen molar-refractivity contribution < 1.29 is 4.79 Å². The van der Waals surface area contributed by atoms with Gasteiger partial charge in [-0.15, -0.1) is 0 Å². The normalized spacial score (nSPS) is 22.0. The minimum absolute atomic E-state index is 0.199. The number of pyridine rings is 1. The summed E-state index contributed by atoms with van der Waals surface area (Å²) in [7, 11) is 4.12. The topological polar surface area (TPSA) is 36.4 Å². The van der Waals surface area contributed by atoms with Crippen molar-refractivity contribution in [3.63, 3.8) is 0 Å². The zero-order valence-corrected chi connectivity index (χ0v) is 13.1. The summed E-state index contributed by atoms with van der Waals surface area (Å²) in [5, 5.41) is 0. The van der Waals surface area contributed by atoms with E-state index in [0.717, 1.165) is 38.0 Å². The maximum atomic E-state index is 12.4. The molecule has 1 amide bonds. The van der Waals surface area contributed by atoms with E-state index in [9.17, 15) is 4.79 Å². The monoisotopic (exact) mass is 287 g/mol. The molecule has 3 rings (SSSR count). The van der Waals surface area contributed by atoms with Gasteiger partial charge in [0.05, 0.1) is 11.7 Å². The van der Waals surface area contributed by atoms with E-state index in [0.29, 0.717) is 11.8 Å². The molecule has 0 N–H and O–H groups in total.